The number of nitrogens with zero attached hydrogens (tertiary/aromatic N) is 4. The fraction of sp³-hybridized carbons (Fsp3) is 0.167. The van der Waals surface area contributed by atoms with Gasteiger partial charge in [0.2, 0.25) is 11.3 Å². The van der Waals surface area contributed by atoms with Gasteiger partial charge in [-0.05, 0) is 109 Å². The Labute approximate surface area is 352 Å². The van der Waals surface area contributed by atoms with Crippen molar-refractivity contribution in [3.05, 3.63) is 190 Å². The maximum Gasteiger partial charge on any atom is 0.416 e. The smallest absolute Gasteiger partial charge is 0.416 e. The van der Waals surface area contributed by atoms with Crippen LogP contribution in [-0.2, 0) is 23.7 Å². The molecule has 14 heteroatoms. The molecule has 2 heterocycles. The Morgan fingerprint density at radius 3 is 0.774 bits per heavy atom. The van der Waals surface area contributed by atoms with E-state index in [0.717, 1.165) is 12.1 Å². The second kappa shape index (κ2) is 16.0. The fourth-order valence-electron chi connectivity index (χ4n) is 7.71. The van der Waals surface area contributed by atoms with Crippen molar-refractivity contribution in [2.24, 2.45) is 20.0 Å². The highest BCUT2D eigenvalue weighted by Crippen LogP contribution is 2.58. The molecule has 6 aromatic carbocycles. The maximum atomic E-state index is 15.6. The average Bonchev–Trinajstić information content (AvgIpc) is 3.91. The topological polar surface area (TPSA) is 86.4 Å². The van der Waals surface area contributed by atoms with E-state index in [9.17, 15) is 0 Å². The molecule has 0 radical (unpaired) electrons. The van der Waals surface area contributed by atoms with Crippen LogP contribution in [0.1, 0.15) is 44.5 Å². The summed E-state index contributed by atoms with van der Waals surface area (Å²) >= 11 is 0. The van der Waals surface area contributed by atoms with Crippen LogP contribution in [0, 0.1) is 0 Å². The van der Waals surface area contributed by atoms with Gasteiger partial charge < -0.3 is 18.9 Å². The molecule has 314 valence electrons. The van der Waals surface area contributed by atoms with Crippen molar-refractivity contribution >= 4 is 22.8 Å². The van der Waals surface area contributed by atoms with Gasteiger partial charge in [0.25, 0.3) is 0 Å². The van der Waals surface area contributed by atoms with E-state index in [1.54, 1.807) is 97.1 Å². The molecule has 0 amide bonds. The molecular weight excluding hydrogens is 811 g/mol. The van der Waals surface area contributed by atoms with E-state index in [4.69, 9.17) is 38.9 Å². The van der Waals surface area contributed by atoms with Crippen molar-refractivity contribution in [2.45, 2.75) is 23.7 Å². The molecule has 0 unspecified atom stereocenters. The van der Waals surface area contributed by atoms with Gasteiger partial charge in [-0.15, -0.1) is 0 Å². The van der Waals surface area contributed by atoms with Crippen molar-refractivity contribution in [1.29, 1.82) is 0 Å². The lowest BCUT2D eigenvalue weighted by Crippen LogP contribution is -2.45. The van der Waals surface area contributed by atoms with Gasteiger partial charge in [0.15, 0.2) is 0 Å². The number of rotatable bonds is 11. The zero-order valence-electron chi connectivity index (χ0n) is 33.5. The summed E-state index contributed by atoms with van der Waals surface area (Å²) in [4.78, 5) is 20.7. The predicted octanol–water partition coefficient (Wildman–Crippen LogP) is 10.7. The number of halogens is 6. The van der Waals surface area contributed by atoms with Gasteiger partial charge in [-0.25, -0.2) is 20.0 Å². The first kappa shape index (κ1) is 41.5. The van der Waals surface area contributed by atoms with Gasteiger partial charge in [0, 0.05) is 33.4 Å². The molecule has 2 aliphatic rings. The Bertz CT molecular complexity index is 2420. The molecule has 0 fully saturated rings. The van der Waals surface area contributed by atoms with Crippen molar-refractivity contribution in [3.8, 4) is 23.0 Å². The number of alkyl halides is 6. The Kier molecular flexibility index (Phi) is 10.7. The quantitative estimate of drug-likeness (QED) is 0.122. The first-order valence-electron chi connectivity index (χ1n) is 19.1. The van der Waals surface area contributed by atoms with E-state index in [1.165, 1.54) is 64.8 Å². The first-order chi connectivity index (χ1) is 29.7. The normalized spacial score (nSPS) is 15.6. The van der Waals surface area contributed by atoms with Crippen LogP contribution >= 0.6 is 0 Å². The van der Waals surface area contributed by atoms with Gasteiger partial charge in [-0.3, -0.25) is 0 Å². The summed E-state index contributed by atoms with van der Waals surface area (Å²) in [5.41, 5.74) is -7.23. The highest BCUT2D eigenvalue weighted by atomic mass is 19.4. The zero-order valence-corrected chi connectivity index (χ0v) is 33.5. The molecule has 0 atom stereocenters. The molecule has 8 nitrogen and oxygen atoms in total. The van der Waals surface area contributed by atoms with Crippen LogP contribution in [0.2, 0.25) is 0 Å². The maximum absolute atomic E-state index is 15.6. The Balaban J connectivity index is 1.60. The van der Waals surface area contributed by atoms with Crippen molar-refractivity contribution < 1.29 is 45.3 Å². The van der Waals surface area contributed by atoms with Gasteiger partial charge in [0.05, 0.1) is 62.4 Å². The third-order valence-electron chi connectivity index (χ3n) is 10.7. The van der Waals surface area contributed by atoms with Gasteiger partial charge >= 0.3 is 12.4 Å². The van der Waals surface area contributed by atoms with Gasteiger partial charge in [-0.2, -0.15) is 26.3 Å². The van der Waals surface area contributed by atoms with Gasteiger partial charge in [-0.1, -0.05) is 36.4 Å². The molecule has 0 aromatic heterocycles. The summed E-state index contributed by atoms with van der Waals surface area (Å²) < 4.78 is 115. The van der Waals surface area contributed by atoms with Crippen molar-refractivity contribution in [2.75, 3.05) is 28.4 Å². The SMILES string of the molecule is COc1ccc(C2=NC(c3ccccc3C(F)(F)F)(C3(c4ccccc4C(F)(F)F)N=C(c4ccc(OC)cc4)C(c4ccc(OC)cc4)=N3)N=C2c2ccc(OC)cc2)cc1. The fourth-order valence-corrected chi connectivity index (χ4v) is 7.71. The molecule has 8 rings (SSSR count). The third kappa shape index (κ3) is 7.24. The van der Waals surface area contributed by atoms with E-state index in [1.807, 2.05) is 0 Å². The predicted molar refractivity (Wildman–Crippen MR) is 224 cm³/mol. The van der Waals surface area contributed by atoms with Crippen LogP contribution in [0.3, 0.4) is 0 Å². The molecule has 0 aliphatic carbocycles. The van der Waals surface area contributed by atoms with E-state index in [-0.39, 0.29) is 22.8 Å². The number of hydrogen-bond acceptors (Lipinski definition) is 8. The number of hydrogen-bond donors (Lipinski definition) is 0. The Hall–Kier alpha value is -7.22. The number of aliphatic imine (C=N–C) groups is 4. The molecule has 6 aromatic rings. The van der Waals surface area contributed by atoms with Crippen molar-refractivity contribution in [3.63, 3.8) is 0 Å². The molecule has 62 heavy (non-hydrogen) atoms. The number of benzene rings is 6. The summed E-state index contributed by atoms with van der Waals surface area (Å²) in [5, 5.41) is 0. The van der Waals surface area contributed by atoms with Crippen LogP contribution in [0.4, 0.5) is 26.3 Å². The van der Waals surface area contributed by atoms with E-state index < -0.39 is 45.9 Å². The minimum atomic E-state index is -5.05. The minimum absolute atomic E-state index is 0.0629. The van der Waals surface area contributed by atoms with Crippen LogP contribution < -0.4 is 18.9 Å². The summed E-state index contributed by atoms with van der Waals surface area (Å²) in [7, 11) is 5.91. The van der Waals surface area contributed by atoms with Crippen LogP contribution in [0.5, 0.6) is 23.0 Å². The zero-order chi connectivity index (χ0) is 43.9. The second-order valence-corrected chi connectivity index (χ2v) is 14.2. The standard InChI is InChI=1S/C48H36F6N4O4/c1-59-33-21-13-29(14-22-33)41-42(30-15-23-34(60-2)24-16-30)56-45(55-41,37-9-5-7-11-39(37)47(49,50)51)46(38-10-6-8-12-40(38)48(52,53)54)57-43(31-17-25-35(61-3)26-18-31)44(58-46)32-19-27-36(62-4)28-20-32/h5-28H,1-4H3. The monoisotopic (exact) mass is 846 g/mol. The highest BCUT2D eigenvalue weighted by Gasteiger charge is 2.64. The molecule has 0 saturated heterocycles. The molecule has 2 aliphatic heterocycles. The average molecular weight is 847 g/mol. The lowest BCUT2D eigenvalue weighted by molar-refractivity contribution is -0.141. The number of methoxy groups -OCH3 is 4. The lowest BCUT2D eigenvalue weighted by atomic mass is 9.78. The largest absolute Gasteiger partial charge is 0.497 e. The van der Waals surface area contributed by atoms with E-state index >= 15 is 26.3 Å². The summed E-state index contributed by atoms with van der Waals surface area (Å²) in [6.45, 7) is 0. The minimum Gasteiger partial charge on any atom is -0.497 e. The molecule has 0 bridgehead atoms. The van der Waals surface area contributed by atoms with Crippen LogP contribution in [0.15, 0.2) is 166 Å². The summed E-state index contributed by atoms with van der Waals surface area (Å²) in [6, 6.07) is 35.4. The summed E-state index contributed by atoms with van der Waals surface area (Å²) in [5.74, 6) is 1.88. The van der Waals surface area contributed by atoms with E-state index in [0.29, 0.717) is 45.3 Å². The third-order valence-corrected chi connectivity index (χ3v) is 10.7. The van der Waals surface area contributed by atoms with Crippen LogP contribution in [0.25, 0.3) is 0 Å². The number of ether oxygens (including phenoxy) is 4. The van der Waals surface area contributed by atoms with Gasteiger partial charge in [0.1, 0.15) is 23.0 Å². The summed E-state index contributed by atoms with van der Waals surface area (Å²) in [6.07, 6.45) is -10.1. The van der Waals surface area contributed by atoms with E-state index in [2.05, 4.69) is 0 Å². The van der Waals surface area contributed by atoms with Crippen LogP contribution in [-0.4, -0.2) is 51.3 Å². The Morgan fingerprint density at radius 2 is 0.565 bits per heavy atom. The lowest BCUT2D eigenvalue weighted by Gasteiger charge is -2.40. The molecular formula is C48H36F6N4O4. The van der Waals surface area contributed by atoms with Crippen molar-refractivity contribution in [1.82, 2.24) is 0 Å². The molecule has 0 N–H and O–H groups in total. The first-order valence-corrected chi connectivity index (χ1v) is 19.1. The second-order valence-electron chi connectivity index (χ2n) is 14.2. The molecule has 0 saturated carbocycles. The molecule has 0 spiro atoms. The Morgan fingerprint density at radius 1 is 0.339 bits per heavy atom. The highest BCUT2D eigenvalue weighted by molar-refractivity contribution is 6.56.